The molecule has 0 bridgehead atoms. The van der Waals surface area contributed by atoms with Gasteiger partial charge in [0.25, 0.3) is 7.44 Å². The molecule has 0 aliphatic heterocycles. The Balaban J connectivity index is 3.66. The quantitative estimate of drug-likeness (QED) is 0.609. The van der Waals surface area contributed by atoms with Crippen molar-refractivity contribution in [1.82, 2.24) is 22.6 Å². The zero-order chi connectivity index (χ0) is 17.8. The molecular weight excluding hydrogens is 337 g/mol. The normalized spacial score (nSPS) is 13.4. The molecule has 1 heterocycles. The van der Waals surface area contributed by atoms with Crippen molar-refractivity contribution in [3.8, 4) is 0 Å². The van der Waals surface area contributed by atoms with E-state index in [4.69, 9.17) is 0 Å². The van der Waals surface area contributed by atoms with E-state index in [1.165, 1.54) is 26.5 Å². The summed E-state index contributed by atoms with van der Waals surface area (Å²) in [7, 11) is -4.20. The molecule has 0 aromatic carbocycles. The Bertz CT molecular complexity index is 634. The van der Waals surface area contributed by atoms with E-state index in [1.807, 2.05) is 27.7 Å². The van der Waals surface area contributed by atoms with Crippen LogP contribution in [0.5, 0.6) is 0 Å². The van der Waals surface area contributed by atoms with Crippen molar-refractivity contribution in [2.75, 3.05) is 40.3 Å². The van der Waals surface area contributed by atoms with E-state index in [0.717, 1.165) is 8.28 Å². The minimum atomic E-state index is -3.79. The van der Waals surface area contributed by atoms with Crippen LogP contribution in [-0.4, -0.2) is 71.3 Å². The van der Waals surface area contributed by atoms with E-state index in [1.54, 1.807) is 9.34 Å². The smallest absolute Gasteiger partial charge is 0.280 e. The maximum atomic E-state index is 14.0. The highest BCUT2D eigenvalue weighted by Gasteiger charge is 2.42. The predicted octanol–water partition coefficient (Wildman–Crippen LogP) is 1.04. The third-order valence-electron chi connectivity index (χ3n) is 3.79. The molecule has 1 rings (SSSR count). The predicted molar refractivity (Wildman–Crippen MR) is 93.3 cm³/mol. The summed E-state index contributed by atoms with van der Waals surface area (Å²) < 4.78 is 44.8. The number of imidazole rings is 1. The molecule has 0 amide bonds. The first-order chi connectivity index (χ1) is 10.7. The Hall–Kier alpha value is -0.730. The van der Waals surface area contributed by atoms with Crippen LogP contribution in [0.15, 0.2) is 12.4 Å². The van der Waals surface area contributed by atoms with Crippen LogP contribution in [0.4, 0.5) is 0 Å². The van der Waals surface area contributed by atoms with Crippen molar-refractivity contribution < 1.29 is 13.0 Å². The van der Waals surface area contributed by atoms with Gasteiger partial charge in [0.15, 0.2) is 0 Å². The standard InChI is InChI=1S/C13H28N5O3PS/c1-7-16(8-2)22(19,17(9-3)10-4)13-14-11-12-18(13)23(20,21)15(5)6/h11-12H,7-10H2,1-6H3. The Morgan fingerprint density at radius 1 is 1.04 bits per heavy atom. The largest absolute Gasteiger partial charge is 0.308 e. The van der Waals surface area contributed by atoms with Gasteiger partial charge in [-0.25, -0.2) is 18.3 Å². The summed E-state index contributed by atoms with van der Waals surface area (Å²) in [5, 5.41) is 0. The summed E-state index contributed by atoms with van der Waals surface area (Å²) in [4.78, 5) is 4.18. The first-order valence-electron chi connectivity index (χ1n) is 7.79. The van der Waals surface area contributed by atoms with Crippen molar-refractivity contribution in [3.05, 3.63) is 12.4 Å². The van der Waals surface area contributed by atoms with Crippen LogP contribution in [0.25, 0.3) is 0 Å². The Labute approximate surface area is 139 Å². The van der Waals surface area contributed by atoms with E-state index in [2.05, 4.69) is 4.98 Å². The maximum absolute atomic E-state index is 14.0. The molecule has 0 aliphatic rings. The molecule has 0 N–H and O–H groups in total. The first kappa shape index (κ1) is 20.3. The summed E-state index contributed by atoms with van der Waals surface area (Å²) in [6.45, 7) is 9.80. The van der Waals surface area contributed by atoms with Crippen LogP contribution in [0.1, 0.15) is 27.7 Å². The molecule has 0 atom stereocenters. The molecule has 0 unspecified atom stereocenters. The second-order valence-electron chi connectivity index (χ2n) is 5.14. The molecule has 8 nitrogen and oxygen atoms in total. The van der Waals surface area contributed by atoms with Gasteiger partial charge in [0, 0.05) is 52.7 Å². The number of nitrogens with zero attached hydrogens (tertiary/aromatic N) is 5. The molecule has 1 aromatic heterocycles. The zero-order valence-electron chi connectivity index (χ0n) is 14.8. The number of rotatable bonds is 9. The van der Waals surface area contributed by atoms with Crippen LogP contribution >= 0.6 is 7.44 Å². The number of hydrogen-bond acceptors (Lipinski definition) is 4. The molecule has 0 saturated carbocycles. The third kappa shape index (κ3) is 3.53. The van der Waals surface area contributed by atoms with Crippen LogP contribution in [0.2, 0.25) is 0 Å². The van der Waals surface area contributed by atoms with Crippen molar-refractivity contribution in [2.24, 2.45) is 0 Å². The fourth-order valence-electron chi connectivity index (χ4n) is 2.49. The van der Waals surface area contributed by atoms with Gasteiger partial charge < -0.3 is 0 Å². The molecule has 134 valence electrons. The molecule has 0 spiro atoms. The van der Waals surface area contributed by atoms with Crippen molar-refractivity contribution in [3.63, 3.8) is 0 Å². The summed E-state index contributed by atoms with van der Waals surface area (Å²) >= 11 is 0. The van der Waals surface area contributed by atoms with Gasteiger partial charge in [-0.3, -0.25) is 4.57 Å². The average molecular weight is 365 g/mol. The van der Waals surface area contributed by atoms with E-state index in [-0.39, 0.29) is 5.57 Å². The van der Waals surface area contributed by atoms with Crippen molar-refractivity contribution in [2.45, 2.75) is 27.7 Å². The van der Waals surface area contributed by atoms with Gasteiger partial charge in [-0.15, -0.1) is 0 Å². The highest BCUT2D eigenvalue weighted by atomic mass is 32.2. The Morgan fingerprint density at radius 2 is 1.48 bits per heavy atom. The lowest BCUT2D eigenvalue weighted by molar-refractivity contribution is 0.367. The van der Waals surface area contributed by atoms with Crippen LogP contribution in [0, 0.1) is 0 Å². The maximum Gasteiger partial charge on any atom is 0.308 e. The van der Waals surface area contributed by atoms with Crippen LogP contribution in [0.3, 0.4) is 0 Å². The van der Waals surface area contributed by atoms with Gasteiger partial charge in [0.2, 0.25) is 5.57 Å². The highest BCUT2D eigenvalue weighted by Crippen LogP contribution is 2.51. The lowest BCUT2D eigenvalue weighted by Gasteiger charge is -2.37. The second kappa shape index (κ2) is 7.90. The Morgan fingerprint density at radius 3 is 1.83 bits per heavy atom. The summed E-state index contributed by atoms with van der Waals surface area (Å²) in [6, 6.07) is 0. The first-order valence-corrected chi connectivity index (χ1v) is 10.8. The van der Waals surface area contributed by atoms with Gasteiger partial charge in [0.05, 0.1) is 0 Å². The third-order valence-corrected chi connectivity index (χ3v) is 9.15. The second-order valence-corrected chi connectivity index (χ2v) is 9.77. The lowest BCUT2D eigenvalue weighted by atomic mass is 10.7. The Kier molecular flexibility index (Phi) is 6.97. The van der Waals surface area contributed by atoms with E-state index >= 15 is 0 Å². The van der Waals surface area contributed by atoms with Crippen LogP contribution < -0.4 is 5.57 Å². The van der Waals surface area contributed by atoms with E-state index < -0.39 is 17.7 Å². The highest BCUT2D eigenvalue weighted by molar-refractivity contribution is 7.88. The van der Waals surface area contributed by atoms with Gasteiger partial charge in [-0.2, -0.15) is 12.7 Å². The number of aromatic nitrogens is 2. The fraction of sp³-hybridized carbons (Fsp3) is 0.769. The summed E-state index contributed by atoms with van der Waals surface area (Å²) in [5.41, 5.74) is 0.0820. The van der Waals surface area contributed by atoms with Gasteiger partial charge >= 0.3 is 10.2 Å². The monoisotopic (exact) mass is 365 g/mol. The van der Waals surface area contributed by atoms with E-state index in [0.29, 0.717) is 26.2 Å². The number of hydrogen-bond donors (Lipinski definition) is 0. The van der Waals surface area contributed by atoms with E-state index in [9.17, 15) is 13.0 Å². The molecule has 0 radical (unpaired) electrons. The minimum Gasteiger partial charge on any atom is -0.280 e. The van der Waals surface area contributed by atoms with Crippen molar-refractivity contribution >= 4 is 23.2 Å². The fourth-order valence-corrected chi connectivity index (χ4v) is 6.87. The SMILES string of the molecule is CCN(CC)P(=O)(c1nccn1S(=O)(=O)N(C)C)N(CC)CC. The van der Waals surface area contributed by atoms with Gasteiger partial charge in [-0.1, -0.05) is 27.7 Å². The molecule has 23 heavy (non-hydrogen) atoms. The van der Waals surface area contributed by atoms with Gasteiger partial charge in [-0.05, 0) is 0 Å². The topological polar surface area (TPSA) is 78.8 Å². The van der Waals surface area contributed by atoms with Crippen LogP contribution in [-0.2, 0) is 14.8 Å². The van der Waals surface area contributed by atoms with Crippen molar-refractivity contribution in [1.29, 1.82) is 0 Å². The molecule has 1 aromatic rings. The molecule has 0 aliphatic carbocycles. The average Bonchev–Trinajstić information content (AvgIpc) is 3.00. The molecule has 0 fully saturated rings. The van der Waals surface area contributed by atoms with Gasteiger partial charge in [0.1, 0.15) is 0 Å². The molecule has 0 saturated heterocycles. The lowest BCUT2D eigenvalue weighted by Crippen LogP contribution is -2.43. The summed E-state index contributed by atoms with van der Waals surface area (Å²) in [5.74, 6) is 0. The molecular formula is C13H28N5O3PS. The minimum absolute atomic E-state index is 0.0820. The summed E-state index contributed by atoms with van der Waals surface area (Å²) in [6.07, 6.45) is 2.74. The molecule has 10 heteroatoms. The zero-order valence-corrected chi connectivity index (χ0v) is 16.5.